The smallest absolute Gasteiger partial charge is 0.262 e. The predicted molar refractivity (Wildman–Crippen MR) is 138 cm³/mol. The van der Waals surface area contributed by atoms with Gasteiger partial charge in [0.05, 0.1) is 49.1 Å². The van der Waals surface area contributed by atoms with Gasteiger partial charge in [-0.15, -0.1) is 0 Å². The molecule has 12 heteroatoms. The average molecular weight is 532 g/mol. The Morgan fingerprint density at radius 3 is 2.78 bits per heavy atom. The number of fused-ring (bicyclic) bond motifs is 1. The lowest BCUT2D eigenvalue weighted by molar-refractivity contribution is 0.0746. The molecule has 37 heavy (non-hydrogen) atoms. The Morgan fingerprint density at radius 2 is 2.03 bits per heavy atom. The standard InChI is InChI=1S/C25H18ClN7O3S/c1-13-7-14(15-8-21(26)30-10-19(15)36-3)16(9-29-13)23(34)32-25-31-18-11-33(12-20(18)37-25)24(35)22-17(27-2)5-4-6-28-22/h4-10H,11-12H2,1,3H3,(H,31,32,34). The van der Waals surface area contributed by atoms with E-state index < -0.39 is 5.91 Å². The van der Waals surface area contributed by atoms with Gasteiger partial charge in [0.2, 0.25) is 5.69 Å². The van der Waals surface area contributed by atoms with Crippen LogP contribution in [0.5, 0.6) is 5.75 Å². The first kappa shape index (κ1) is 24.3. The summed E-state index contributed by atoms with van der Waals surface area (Å²) in [6.07, 6.45) is 4.49. The van der Waals surface area contributed by atoms with Crippen molar-refractivity contribution in [1.82, 2.24) is 24.8 Å². The van der Waals surface area contributed by atoms with Crippen LogP contribution in [-0.2, 0) is 13.1 Å². The van der Waals surface area contributed by atoms with Gasteiger partial charge >= 0.3 is 0 Å². The number of carbonyl (C=O) groups is 2. The second-order valence-corrected chi connectivity index (χ2v) is 9.54. The molecule has 10 nitrogen and oxygen atoms in total. The molecule has 5 rings (SSSR count). The van der Waals surface area contributed by atoms with Crippen molar-refractivity contribution in [3.8, 4) is 16.9 Å². The fourth-order valence-electron chi connectivity index (χ4n) is 3.96. The molecule has 1 aliphatic rings. The van der Waals surface area contributed by atoms with E-state index in [0.717, 1.165) is 4.88 Å². The lowest BCUT2D eigenvalue weighted by atomic mass is 10.0. The number of halogens is 1. The number of methoxy groups -OCH3 is 1. The van der Waals surface area contributed by atoms with Gasteiger partial charge in [-0.1, -0.05) is 35.1 Å². The second-order valence-electron chi connectivity index (χ2n) is 8.07. The predicted octanol–water partition coefficient (Wildman–Crippen LogP) is 4.92. The van der Waals surface area contributed by atoms with Crippen LogP contribution < -0.4 is 10.1 Å². The van der Waals surface area contributed by atoms with Crippen LogP contribution in [0, 0.1) is 13.5 Å². The molecule has 0 radical (unpaired) electrons. The highest BCUT2D eigenvalue weighted by atomic mass is 35.5. The number of aromatic nitrogens is 4. The molecule has 0 aromatic carbocycles. The lowest BCUT2D eigenvalue weighted by Gasteiger charge is -2.15. The number of carbonyl (C=O) groups excluding carboxylic acids is 2. The Balaban J connectivity index is 1.36. The number of hydrogen-bond acceptors (Lipinski definition) is 8. The minimum absolute atomic E-state index is 0.118. The van der Waals surface area contributed by atoms with Crippen LogP contribution in [0.3, 0.4) is 0 Å². The largest absolute Gasteiger partial charge is 0.494 e. The van der Waals surface area contributed by atoms with Crippen LogP contribution in [0.15, 0.2) is 42.9 Å². The van der Waals surface area contributed by atoms with Crippen LogP contribution in [0.1, 0.15) is 37.1 Å². The molecule has 0 aliphatic carbocycles. The molecule has 4 aromatic heterocycles. The molecule has 184 valence electrons. The first-order chi connectivity index (χ1) is 17.9. The van der Waals surface area contributed by atoms with Crippen LogP contribution >= 0.6 is 22.9 Å². The minimum atomic E-state index is -0.395. The molecule has 4 aromatic rings. The van der Waals surface area contributed by atoms with E-state index in [-0.39, 0.29) is 29.0 Å². The Bertz CT molecular complexity index is 1570. The van der Waals surface area contributed by atoms with E-state index in [1.54, 1.807) is 29.2 Å². The highest BCUT2D eigenvalue weighted by Crippen LogP contribution is 2.36. The summed E-state index contributed by atoms with van der Waals surface area (Å²) in [6, 6.07) is 6.60. The Labute approximate surface area is 220 Å². The van der Waals surface area contributed by atoms with E-state index in [9.17, 15) is 9.59 Å². The quantitative estimate of drug-likeness (QED) is 0.287. The molecule has 1 aliphatic heterocycles. The van der Waals surface area contributed by atoms with Crippen LogP contribution in [0.2, 0.25) is 5.15 Å². The van der Waals surface area contributed by atoms with Crippen molar-refractivity contribution in [3.05, 3.63) is 86.9 Å². The molecule has 0 atom stereocenters. The molecule has 0 saturated carbocycles. The van der Waals surface area contributed by atoms with Crippen molar-refractivity contribution in [3.63, 3.8) is 0 Å². The second kappa shape index (κ2) is 9.93. The Morgan fingerprint density at radius 1 is 1.19 bits per heavy atom. The normalized spacial score (nSPS) is 12.1. The summed E-state index contributed by atoms with van der Waals surface area (Å²) in [7, 11) is 1.52. The number of aryl methyl sites for hydroxylation is 1. The van der Waals surface area contributed by atoms with E-state index in [2.05, 4.69) is 30.1 Å². The first-order valence-corrected chi connectivity index (χ1v) is 12.2. The van der Waals surface area contributed by atoms with Gasteiger partial charge < -0.3 is 9.64 Å². The summed E-state index contributed by atoms with van der Waals surface area (Å²) in [4.78, 5) is 49.0. The lowest BCUT2D eigenvalue weighted by Crippen LogP contribution is -2.26. The van der Waals surface area contributed by atoms with Gasteiger partial charge in [-0.25, -0.2) is 14.8 Å². The van der Waals surface area contributed by atoms with Crippen LogP contribution in [0.25, 0.3) is 16.0 Å². The first-order valence-electron chi connectivity index (χ1n) is 11.0. The van der Waals surface area contributed by atoms with E-state index in [4.69, 9.17) is 22.9 Å². The summed E-state index contributed by atoms with van der Waals surface area (Å²) in [5.74, 6) is -0.257. The van der Waals surface area contributed by atoms with Gasteiger partial charge in [0.25, 0.3) is 11.8 Å². The summed E-state index contributed by atoms with van der Waals surface area (Å²) in [5, 5.41) is 3.52. The molecule has 0 bridgehead atoms. The SMILES string of the molecule is [C-]#[N+]c1cccnc1C(=O)N1Cc2nc(NC(=O)c3cnc(C)cc3-c3cc(Cl)ncc3OC)sc2C1. The van der Waals surface area contributed by atoms with Crippen molar-refractivity contribution in [2.45, 2.75) is 20.0 Å². The fourth-order valence-corrected chi connectivity index (χ4v) is 5.10. The van der Waals surface area contributed by atoms with E-state index in [0.29, 0.717) is 45.5 Å². The molecular formula is C25H18ClN7O3S. The molecule has 0 saturated heterocycles. The molecule has 5 heterocycles. The number of rotatable bonds is 5. The Hall–Kier alpha value is -4.40. The maximum atomic E-state index is 13.3. The number of anilines is 1. The third kappa shape index (κ3) is 4.72. The van der Waals surface area contributed by atoms with Crippen molar-refractivity contribution in [2.75, 3.05) is 12.4 Å². The van der Waals surface area contributed by atoms with E-state index in [1.807, 2.05) is 6.92 Å². The number of ether oxygens (including phenoxy) is 1. The molecule has 0 spiro atoms. The molecule has 0 unspecified atom stereocenters. The average Bonchev–Trinajstić information content (AvgIpc) is 3.47. The van der Waals surface area contributed by atoms with Gasteiger partial charge in [0.15, 0.2) is 5.13 Å². The van der Waals surface area contributed by atoms with Crippen molar-refractivity contribution in [2.24, 2.45) is 0 Å². The van der Waals surface area contributed by atoms with Gasteiger partial charge in [0, 0.05) is 29.2 Å². The molecule has 2 amide bonds. The molecular weight excluding hydrogens is 514 g/mol. The highest BCUT2D eigenvalue weighted by molar-refractivity contribution is 7.16. The summed E-state index contributed by atoms with van der Waals surface area (Å²) in [5.41, 5.74) is 3.26. The van der Waals surface area contributed by atoms with Crippen LogP contribution in [0.4, 0.5) is 10.8 Å². The van der Waals surface area contributed by atoms with E-state index >= 15 is 0 Å². The minimum Gasteiger partial charge on any atom is -0.494 e. The number of hydrogen-bond donors (Lipinski definition) is 1. The van der Waals surface area contributed by atoms with Crippen molar-refractivity contribution >= 4 is 45.6 Å². The van der Waals surface area contributed by atoms with Crippen molar-refractivity contribution in [1.29, 1.82) is 0 Å². The molecule has 0 fully saturated rings. The third-order valence-corrected chi connectivity index (χ3v) is 6.90. The van der Waals surface area contributed by atoms with Gasteiger partial charge in [0.1, 0.15) is 16.6 Å². The topological polar surface area (TPSA) is 115 Å². The third-order valence-electron chi connectivity index (χ3n) is 5.70. The number of pyridine rings is 3. The van der Waals surface area contributed by atoms with Crippen molar-refractivity contribution < 1.29 is 14.3 Å². The number of thiazole rings is 1. The summed E-state index contributed by atoms with van der Waals surface area (Å²) >= 11 is 7.41. The monoisotopic (exact) mass is 531 g/mol. The molecule has 1 N–H and O–H groups in total. The zero-order chi connectivity index (χ0) is 26.1. The van der Waals surface area contributed by atoms with E-state index in [1.165, 1.54) is 37.0 Å². The van der Waals surface area contributed by atoms with Crippen LogP contribution in [-0.4, -0.2) is 43.8 Å². The highest BCUT2D eigenvalue weighted by Gasteiger charge is 2.30. The number of amides is 2. The van der Waals surface area contributed by atoms with Gasteiger partial charge in [-0.05, 0) is 19.1 Å². The number of nitrogens with zero attached hydrogens (tertiary/aromatic N) is 6. The zero-order valence-electron chi connectivity index (χ0n) is 19.6. The van der Waals surface area contributed by atoms with Gasteiger partial charge in [-0.2, -0.15) is 0 Å². The number of nitrogens with one attached hydrogen (secondary N) is 1. The van der Waals surface area contributed by atoms with Gasteiger partial charge in [-0.3, -0.25) is 24.9 Å². The summed E-state index contributed by atoms with van der Waals surface area (Å²) in [6.45, 7) is 9.68. The maximum absolute atomic E-state index is 13.3. The Kier molecular flexibility index (Phi) is 6.52. The maximum Gasteiger partial charge on any atom is 0.262 e. The fraction of sp³-hybridized carbons (Fsp3) is 0.160. The zero-order valence-corrected chi connectivity index (χ0v) is 21.2. The summed E-state index contributed by atoms with van der Waals surface area (Å²) < 4.78 is 5.43.